The summed E-state index contributed by atoms with van der Waals surface area (Å²) in [6.45, 7) is 2.38. The predicted octanol–water partition coefficient (Wildman–Crippen LogP) is 0.550. The maximum Gasteiger partial charge on any atom is 0.335 e. The first-order valence-electron chi connectivity index (χ1n) is 6.26. The molecule has 0 saturated carbocycles. The van der Waals surface area contributed by atoms with E-state index in [1.54, 1.807) is 0 Å². The Balaban J connectivity index is 3.37. The number of carbonyl (C=O) groups excluding carboxylic acids is 1. The van der Waals surface area contributed by atoms with Gasteiger partial charge in [0, 0.05) is 18.2 Å². The highest BCUT2D eigenvalue weighted by molar-refractivity contribution is 7.92. The van der Waals surface area contributed by atoms with Crippen LogP contribution in [-0.2, 0) is 24.5 Å². The van der Waals surface area contributed by atoms with Crippen LogP contribution in [0.25, 0.3) is 0 Å². The second-order valence-corrected chi connectivity index (χ2v) is 10.1. The summed E-state index contributed by atoms with van der Waals surface area (Å²) in [6.07, 6.45) is 1.78. The first kappa shape index (κ1) is 19.1. The lowest BCUT2D eigenvalue weighted by Crippen LogP contribution is -2.43. The standard InChI is InChI=1S/C13H17NO7S2/c1-13(2,23(4,20)21)12(17)14-9-5-8(11(15)16)6-10(7-9)22(3,18)19/h5-7H,1-4H3,(H,14,17)(H,15,16). The molecule has 23 heavy (non-hydrogen) atoms. The number of anilines is 1. The molecule has 0 aromatic heterocycles. The SMILES string of the molecule is CC(C)(C(=O)Nc1cc(C(=O)O)cc(S(C)(=O)=O)c1)S(C)(=O)=O. The second-order valence-electron chi connectivity index (χ2n) is 5.56. The lowest BCUT2D eigenvalue weighted by atomic mass is 10.1. The third kappa shape index (κ3) is 4.29. The largest absolute Gasteiger partial charge is 0.478 e. The molecule has 0 bridgehead atoms. The van der Waals surface area contributed by atoms with Crippen LogP contribution in [0, 0.1) is 0 Å². The second kappa shape index (κ2) is 5.93. The van der Waals surface area contributed by atoms with Crippen LogP contribution >= 0.6 is 0 Å². The van der Waals surface area contributed by atoms with Gasteiger partial charge in [0.25, 0.3) is 0 Å². The molecule has 0 atom stereocenters. The number of carboxylic acid groups (broad SMARTS) is 1. The van der Waals surface area contributed by atoms with Crippen LogP contribution in [0.2, 0.25) is 0 Å². The summed E-state index contributed by atoms with van der Waals surface area (Å²) in [7, 11) is -7.45. The van der Waals surface area contributed by atoms with Crippen LogP contribution in [0.3, 0.4) is 0 Å². The molecule has 0 unspecified atom stereocenters. The fourth-order valence-corrected chi connectivity index (χ4v) is 2.53. The number of nitrogens with one attached hydrogen (secondary N) is 1. The number of carboxylic acids is 1. The number of sulfone groups is 2. The Hall–Kier alpha value is -1.94. The van der Waals surface area contributed by atoms with Crippen molar-refractivity contribution < 1.29 is 31.5 Å². The van der Waals surface area contributed by atoms with Crippen molar-refractivity contribution in [2.24, 2.45) is 0 Å². The van der Waals surface area contributed by atoms with Crippen LogP contribution in [0.1, 0.15) is 24.2 Å². The van der Waals surface area contributed by atoms with E-state index in [2.05, 4.69) is 5.32 Å². The third-order valence-corrected chi connectivity index (χ3v) is 6.44. The van der Waals surface area contributed by atoms with Crippen LogP contribution in [0.15, 0.2) is 23.1 Å². The van der Waals surface area contributed by atoms with Gasteiger partial charge in [-0.25, -0.2) is 21.6 Å². The quantitative estimate of drug-likeness (QED) is 0.780. The van der Waals surface area contributed by atoms with Crippen molar-refractivity contribution in [2.75, 3.05) is 17.8 Å². The van der Waals surface area contributed by atoms with Crippen LogP contribution < -0.4 is 5.32 Å². The molecule has 0 heterocycles. The number of hydrogen-bond acceptors (Lipinski definition) is 6. The minimum absolute atomic E-state index is 0.118. The molecule has 1 aromatic carbocycles. The van der Waals surface area contributed by atoms with E-state index in [0.29, 0.717) is 0 Å². The molecule has 1 aromatic rings. The van der Waals surface area contributed by atoms with Gasteiger partial charge >= 0.3 is 5.97 Å². The summed E-state index contributed by atoms with van der Waals surface area (Å²) in [5, 5.41) is 11.3. The summed E-state index contributed by atoms with van der Waals surface area (Å²) in [5.41, 5.74) is -0.465. The monoisotopic (exact) mass is 363 g/mol. The van der Waals surface area contributed by atoms with E-state index >= 15 is 0 Å². The first-order chi connectivity index (χ1) is 10.2. The van der Waals surface area contributed by atoms with Crippen molar-refractivity contribution in [3.8, 4) is 0 Å². The van der Waals surface area contributed by atoms with Crippen LogP contribution in [0.4, 0.5) is 5.69 Å². The van der Waals surface area contributed by atoms with Gasteiger partial charge in [-0.1, -0.05) is 0 Å². The molecule has 128 valence electrons. The fourth-order valence-electron chi connectivity index (χ4n) is 1.46. The van der Waals surface area contributed by atoms with E-state index in [-0.39, 0.29) is 16.1 Å². The van der Waals surface area contributed by atoms with Gasteiger partial charge in [0.15, 0.2) is 19.7 Å². The predicted molar refractivity (Wildman–Crippen MR) is 84.1 cm³/mol. The van der Waals surface area contributed by atoms with Gasteiger partial charge in [0.2, 0.25) is 5.91 Å². The van der Waals surface area contributed by atoms with E-state index in [1.165, 1.54) is 13.8 Å². The average molecular weight is 363 g/mol. The van der Waals surface area contributed by atoms with Crippen molar-refractivity contribution in [2.45, 2.75) is 23.5 Å². The number of aromatic carboxylic acids is 1. The highest BCUT2D eigenvalue weighted by Gasteiger charge is 2.38. The van der Waals surface area contributed by atoms with E-state index in [9.17, 15) is 26.4 Å². The summed E-state index contributed by atoms with van der Waals surface area (Å²) < 4.78 is 44.7. The highest BCUT2D eigenvalue weighted by Crippen LogP contribution is 2.22. The fraction of sp³-hybridized carbons (Fsp3) is 0.385. The van der Waals surface area contributed by atoms with Gasteiger partial charge in [-0.2, -0.15) is 0 Å². The Morgan fingerprint density at radius 1 is 1.04 bits per heavy atom. The van der Waals surface area contributed by atoms with Crippen molar-refractivity contribution >= 4 is 37.2 Å². The van der Waals surface area contributed by atoms with Gasteiger partial charge < -0.3 is 10.4 Å². The summed E-state index contributed by atoms with van der Waals surface area (Å²) in [5.74, 6) is -2.28. The summed E-state index contributed by atoms with van der Waals surface area (Å²) in [4.78, 5) is 22.9. The molecule has 0 aliphatic rings. The van der Waals surface area contributed by atoms with Gasteiger partial charge in [-0.15, -0.1) is 0 Å². The molecular formula is C13H17NO7S2. The van der Waals surface area contributed by atoms with E-state index in [0.717, 1.165) is 30.7 Å². The minimum Gasteiger partial charge on any atom is -0.478 e. The molecule has 0 aliphatic carbocycles. The molecular weight excluding hydrogens is 346 g/mol. The van der Waals surface area contributed by atoms with Crippen molar-refractivity contribution in [1.82, 2.24) is 0 Å². The Labute approximate surface area is 134 Å². The zero-order valence-corrected chi connectivity index (χ0v) is 14.6. The number of rotatable bonds is 5. The minimum atomic E-state index is -3.73. The zero-order chi connectivity index (χ0) is 18.2. The molecule has 10 heteroatoms. The molecule has 8 nitrogen and oxygen atoms in total. The number of benzene rings is 1. The van der Waals surface area contributed by atoms with Gasteiger partial charge in [0.05, 0.1) is 10.5 Å². The summed E-state index contributed by atoms with van der Waals surface area (Å²) in [6, 6.07) is 3.07. The van der Waals surface area contributed by atoms with Gasteiger partial charge in [-0.3, -0.25) is 4.79 Å². The molecule has 0 radical (unpaired) electrons. The highest BCUT2D eigenvalue weighted by atomic mass is 32.2. The van der Waals surface area contributed by atoms with Crippen LogP contribution in [0.5, 0.6) is 0 Å². The number of carbonyl (C=O) groups is 2. The Kier molecular flexibility index (Phi) is 4.93. The van der Waals surface area contributed by atoms with Crippen molar-refractivity contribution in [3.63, 3.8) is 0 Å². The summed E-state index contributed by atoms with van der Waals surface area (Å²) >= 11 is 0. The maximum absolute atomic E-state index is 12.1. The third-order valence-electron chi connectivity index (χ3n) is 3.31. The smallest absolute Gasteiger partial charge is 0.335 e. The molecule has 0 fully saturated rings. The molecule has 0 aliphatic heterocycles. The van der Waals surface area contributed by atoms with Crippen molar-refractivity contribution in [1.29, 1.82) is 0 Å². The Morgan fingerprint density at radius 2 is 1.57 bits per heavy atom. The van der Waals surface area contributed by atoms with E-state index < -0.39 is 36.3 Å². The maximum atomic E-state index is 12.1. The van der Waals surface area contributed by atoms with E-state index in [1.807, 2.05) is 0 Å². The topological polar surface area (TPSA) is 135 Å². The lowest BCUT2D eigenvalue weighted by molar-refractivity contribution is -0.117. The Bertz CT molecular complexity index is 868. The lowest BCUT2D eigenvalue weighted by Gasteiger charge is -2.21. The zero-order valence-electron chi connectivity index (χ0n) is 12.9. The average Bonchev–Trinajstić information content (AvgIpc) is 2.35. The number of amides is 1. The Morgan fingerprint density at radius 3 is 1.96 bits per heavy atom. The molecule has 2 N–H and O–H groups in total. The molecule has 1 rings (SSSR count). The van der Waals surface area contributed by atoms with Gasteiger partial charge in [-0.05, 0) is 32.0 Å². The molecule has 0 saturated heterocycles. The number of hydrogen-bond donors (Lipinski definition) is 2. The molecule has 0 spiro atoms. The van der Waals surface area contributed by atoms with Crippen molar-refractivity contribution in [3.05, 3.63) is 23.8 Å². The van der Waals surface area contributed by atoms with Crippen LogP contribution in [-0.4, -0.2) is 51.1 Å². The first-order valence-corrected chi connectivity index (χ1v) is 10.0. The molecule has 1 amide bonds. The normalized spacial score (nSPS) is 12.7. The van der Waals surface area contributed by atoms with E-state index in [4.69, 9.17) is 5.11 Å². The van der Waals surface area contributed by atoms with Gasteiger partial charge in [0.1, 0.15) is 4.75 Å².